The molecule has 164 valence electrons. The lowest BCUT2D eigenvalue weighted by Gasteiger charge is -2.19. The van der Waals surface area contributed by atoms with Gasteiger partial charge < -0.3 is 5.32 Å². The lowest BCUT2D eigenvalue weighted by Crippen LogP contribution is -2.36. The van der Waals surface area contributed by atoms with Crippen molar-refractivity contribution in [2.24, 2.45) is 5.41 Å². The average Bonchev–Trinajstić information content (AvgIpc) is 2.74. The minimum absolute atomic E-state index is 0.0229. The number of unbranched alkanes of at least 4 members (excludes halogenated alkanes) is 1. The third kappa shape index (κ3) is 9.97. The summed E-state index contributed by atoms with van der Waals surface area (Å²) in [5.74, 6) is 12.7. The minimum Gasteiger partial charge on any atom is -0.354 e. The van der Waals surface area contributed by atoms with Crippen molar-refractivity contribution in [3.63, 3.8) is 0 Å². The summed E-state index contributed by atoms with van der Waals surface area (Å²) in [6.07, 6.45) is 2.27. The molecule has 1 N–H and O–H groups in total. The third-order valence-corrected chi connectivity index (χ3v) is 5.65. The molecule has 0 aliphatic heterocycles. The zero-order valence-electron chi connectivity index (χ0n) is 19.3. The molecule has 0 aromatic heterocycles. The van der Waals surface area contributed by atoms with E-state index in [2.05, 4.69) is 85.9 Å². The van der Waals surface area contributed by atoms with E-state index in [4.69, 9.17) is 0 Å². The maximum Gasteiger partial charge on any atom is 0.230 e. The number of carbonyl (C=O) groups excluding carboxylic acids is 1. The highest BCUT2D eigenvalue weighted by atomic mass is 32.2. The van der Waals surface area contributed by atoms with Crippen molar-refractivity contribution in [2.45, 2.75) is 45.4 Å². The lowest BCUT2D eigenvalue weighted by atomic mass is 9.98. The molecule has 0 radical (unpaired) electrons. The second-order valence-corrected chi connectivity index (χ2v) is 9.56. The van der Waals surface area contributed by atoms with E-state index in [1.807, 2.05) is 18.2 Å². The first-order valence-corrected chi connectivity index (χ1v) is 12.0. The molecule has 0 atom stereocenters. The molecule has 0 fully saturated rings. The van der Waals surface area contributed by atoms with Crippen molar-refractivity contribution in [1.29, 1.82) is 0 Å². The van der Waals surface area contributed by atoms with Gasteiger partial charge in [0.25, 0.3) is 0 Å². The fourth-order valence-electron chi connectivity index (χ4n) is 2.94. The molecule has 2 aromatic rings. The predicted octanol–water partition coefficient (Wildman–Crippen LogP) is 5.20. The van der Waals surface area contributed by atoms with Crippen LogP contribution >= 0.6 is 11.8 Å². The fourth-order valence-corrected chi connectivity index (χ4v) is 3.84. The van der Waals surface area contributed by atoms with E-state index >= 15 is 0 Å². The van der Waals surface area contributed by atoms with Crippen LogP contribution < -0.4 is 5.32 Å². The van der Waals surface area contributed by atoms with Crippen LogP contribution in [0, 0.1) is 29.1 Å². The molecule has 0 bridgehead atoms. The van der Waals surface area contributed by atoms with Crippen molar-refractivity contribution >= 4 is 28.4 Å². The van der Waals surface area contributed by atoms with Crippen molar-refractivity contribution in [1.82, 2.24) is 10.2 Å². The first-order valence-electron chi connectivity index (χ1n) is 11.0. The smallest absolute Gasteiger partial charge is 0.230 e. The van der Waals surface area contributed by atoms with Crippen LogP contribution in [0.2, 0.25) is 0 Å². The molecule has 0 aliphatic carbocycles. The molecule has 0 aliphatic rings. The van der Waals surface area contributed by atoms with Crippen LogP contribution in [0.1, 0.15) is 40.5 Å². The van der Waals surface area contributed by atoms with Gasteiger partial charge >= 0.3 is 0 Å². The standard InChI is InChI=1S/C27H34N2OS/c1-5-6-19-29(20-11-7-10-17-27(2,3)4)21-18-28-26(30)22-31-25-16-12-14-23-13-8-9-15-24(23)25/h8-9,12-16H,5-6,18-22H2,1-4H3,(H,28,30). The molecule has 0 heterocycles. The Labute approximate surface area is 192 Å². The van der Waals surface area contributed by atoms with Crippen LogP contribution in [0.25, 0.3) is 10.8 Å². The summed E-state index contributed by atoms with van der Waals surface area (Å²) in [6, 6.07) is 14.5. The number of nitrogens with zero attached hydrogens (tertiary/aromatic N) is 1. The maximum absolute atomic E-state index is 12.3. The highest BCUT2D eigenvalue weighted by Crippen LogP contribution is 2.27. The summed E-state index contributed by atoms with van der Waals surface area (Å²) < 4.78 is 0. The van der Waals surface area contributed by atoms with Crippen molar-refractivity contribution in [2.75, 3.05) is 31.9 Å². The van der Waals surface area contributed by atoms with Gasteiger partial charge in [0.1, 0.15) is 0 Å². The zero-order valence-corrected chi connectivity index (χ0v) is 20.1. The second-order valence-electron chi connectivity index (χ2n) is 8.55. The summed E-state index contributed by atoms with van der Waals surface area (Å²) in [4.78, 5) is 15.8. The predicted molar refractivity (Wildman–Crippen MR) is 134 cm³/mol. The Morgan fingerprint density at radius 1 is 1.06 bits per heavy atom. The minimum atomic E-state index is -0.0229. The number of amides is 1. The number of hydrogen-bond acceptors (Lipinski definition) is 3. The van der Waals surface area contributed by atoms with Crippen LogP contribution in [0.15, 0.2) is 47.4 Å². The highest BCUT2D eigenvalue weighted by molar-refractivity contribution is 8.00. The normalized spacial score (nSPS) is 10.9. The number of benzene rings is 2. The van der Waals surface area contributed by atoms with Gasteiger partial charge in [-0.25, -0.2) is 0 Å². The number of fused-ring (bicyclic) bond motifs is 1. The fraction of sp³-hybridized carbons (Fsp3) is 0.444. The molecule has 0 unspecified atom stereocenters. The molecule has 2 aromatic carbocycles. The van der Waals surface area contributed by atoms with Crippen LogP contribution in [0.4, 0.5) is 0 Å². The molecule has 0 saturated heterocycles. The van der Waals surface area contributed by atoms with Gasteiger partial charge in [-0.05, 0) is 62.4 Å². The number of rotatable bonds is 10. The van der Waals surface area contributed by atoms with Gasteiger partial charge in [0.15, 0.2) is 0 Å². The Hall–Kier alpha value is -2.40. The molecule has 0 spiro atoms. The maximum atomic E-state index is 12.3. The van der Waals surface area contributed by atoms with Gasteiger partial charge in [0.2, 0.25) is 5.91 Å². The van der Waals surface area contributed by atoms with E-state index in [-0.39, 0.29) is 11.3 Å². The van der Waals surface area contributed by atoms with Gasteiger partial charge in [0.05, 0.1) is 12.3 Å². The van der Waals surface area contributed by atoms with Crippen molar-refractivity contribution in [3.05, 3.63) is 42.5 Å². The van der Waals surface area contributed by atoms with E-state index in [1.54, 1.807) is 11.8 Å². The molecular weight excluding hydrogens is 400 g/mol. The van der Waals surface area contributed by atoms with Crippen LogP contribution in [-0.4, -0.2) is 42.7 Å². The number of thioether (sulfide) groups is 1. The average molecular weight is 435 g/mol. The van der Waals surface area contributed by atoms with E-state index < -0.39 is 0 Å². The van der Waals surface area contributed by atoms with Gasteiger partial charge in [-0.1, -0.05) is 61.6 Å². The Balaban J connectivity index is 1.79. The van der Waals surface area contributed by atoms with E-state index in [0.29, 0.717) is 18.8 Å². The summed E-state index contributed by atoms with van der Waals surface area (Å²) in [7, 11) is 0. The van der Waals surface area contributed by atoms with E-state index in [9.17, 15) is 4.79 Å². The van der Waals surface area contributed by atoms with E-state index in [1.165, 1.54) is 10.8 Å². The summed E-state index contributed by atoms with van der Waals surface area (Å²) in [5.41, 5.74) is -0.0229. The summed E-state index contributed by atoms with van der Waals surface area (Å²) in [5, 5.41) is 5.45. The Bertz CT molecular complexity index is 964. The van der Waals surface area contributed by atoms with Gasteiger partial charge in [-0.15, -0.1) is 11.8 Å². The largest absolute Gasteiger partial charge is 0.354 e. The first-order chi connectivity index (χ1) is 14.9. The zero-order chi connectivity index (χ0) is 22.5. The second kappa shape index (κ2) is 13.1. The SMILES string of the molecule is CCCCN(CC#CC#CC(C)(C)C)CCNC(=O)CSc1cccc2ccccc12. The number of nitrogens with one attached hydrogen (secondary N) is 1. The molecule has 1 amide bonds. The lowest BCUT2D eigenvalue weighted by molar-refractivity contribution is -0.118. The Kier molecular flexibility index (Phi) is 10.5. The summed E-state index contributed by atoms with van der Waals surface area (Å²) >= 11 is 1.59. The van der Waals surface area contributed by atoms with Gasteiger partial charge in [0, 0.05) is 23.4 Å². The van der Waals surface area contributed by atoms with Gasteiger partial charge in [-0.3, -0.25) is 9.69 Å². The van der Waals surface area contributed by atoms with Crippen LogP contribution in [0.5, 0.6) is 0 Å². The van der Waals surface area contributed by atoms with Gasteiger partial charge in [-0.2, -0.15) is 0 Å². The summed E-state index contributed by atoms with van der Waals surface area (Å²) in [6.45, 7) is 11.5. The monoisotopic (exact) mass is 434 g/mol. The topological polar surface area (TPSA) is 32.3 Å². The van der Waals surface area contributed by atoms with Crippen LogP contribution in [0.3, 0.4) is 0 Å². The highest BCUT2D eigenvalue weighted by Gasteiger charge is 2.07. The van der Waals surface area contributed by atoms with Crippen molar-refractivity contribution in [3.8, 4) is 23.7 Å². The molecule has 0 saturated carbocycles. The quantitative estimate of drug-likeness (QED) is 0.412. The van der Waals surface area contributed by atoms with E-state index in [0.717, 1.165) is 30.8 Å². The number of carbonyl (C=O) groups is 1. The first kappa shape index (κ1) is 24.9. The molecular formula is C27H34N2OS. The Morgan fingerprint density at radius 2 is 1.84 bits per heavy atom. The number of hydrogen-bond donors (Lipinski definition) is 1. The molecule has 31 heavy (non-hydrogen) atoms. The third-order valence-electron chi connectivity index (χ3n) is 4.58. The molecule has 3 nitrogen and oxygen atoms in total. The Morgan fingerprint density at radius 3 is 2.61 bits per heavy atom. The van der Waals surface area contributed by atoms with Crippen molar-refractivity contribution < 1.29 is 4.79 Å². The molecule has 4 heteroatoms. The molecule has 2 rings (SSSR count). The van der Waals surface area contributed by atoms with Crippen LogP contribution in [-0.2, 0) is 4.79 Å².